The highest BCUT2D eigenvalue weighted by Crippen LogP contribution is 2.23. The molecular weight excluding hydrogens is 301 g/mol. The Morgan fingerprint density at radius 3 is 2.29 bits per heavy atom. The highest BCUT2D eigenvalue weighted by atomic mass is 127. The summed E-state index contributed by atoms with van der Waals surface area (Å²) in [6.07, 6.45) is 1.60. The average Bonchev–Trinajstić information content (AvgIpc) is 2.49. The minimum atomic E-state index is -0.592. The van der Waals surface area contributed by atoms with Crippen molar-refractivity contribution < 1.29 is 8.78 Å². The Hall–Kier alpha value is -0.980. The van der Waals surface area contributed by atoms with Crippen LogP contribution in [0.5, 0.6) is 0 Å². The number of H-pyrrole nitrogens is 1. The highest BCUT2D eigenvalue weighted by Gasteiger charge is 2.07. The van der Waals surface area contributed by atoms with Crippen LogP contribution in [0.25, 0.3) is 11.3 Å². The number of benzene rings is 1. The van der Waals surface area contributed by atoms with Crippen LogP contribution in [0.4, 0.5) is 8.78 Å². The molecule has 1 N–H and O–H groups in total. The molecule has 1 aromatic carbocycles. The van der Waals surface area contributed by atoms with E-state index in [4.69, 9.17) is 0 Å². The third-order valence-electron chi connectivity index (χ3n) is 1.74. The third kappa shape index (κ3) is 1.77. The molecule has 1 heterocycles. The largest absolute Gasteiger partial charge is 0.277 e. The van der Waals surface area contributed by atoms with Crippen LogP contribution in [0.1, 0.15) is 0 Å². The molecule has 0 aliphatic rings. The van der Waals surface area contributed by atoms with Crippen molar-refractivity contribution in [3.05, 3.63) is 39.6 Å². The number of hydrogen-bond acceptors (Lipinski definition) is 1. The minimum Gasteiger partial charge on any atom is -0.277 e. The molecule has 0 radical (unpaired) electrons. The second-order valence-electron chi connectivity index (χ2n) is 2.75. The smallest absolute Gasteiger partial charge is 0.126 e. The lowest BCUT2D eigenvalue weighted by Crippen LogP contribution is -1.85. The summed E-state index contributed by atoms with van der Waals surface area (Å²) in [7, 11) is 0. The molecule has 2 rings (SSSR count). The van der Waals surface area contributed by atoms with Gasteiger partial charge in [-0.05, 0) is 34.7 Å². The van der Waals surface area contributed by atoms with Crippen molar-refractivity contribution in [1.29, 1.82) is 0 Å². The first kappa shape index (κ1) is 9.57. The molecule has 14 heavy (non-hydrogen) atoms. The van der Waals surface area contributed by atoms with Crippen molar-refractivity contribution in [2.24, 2.45) is 0 Å². The van der Waals surface area contributed by atoms with Gasteiger partial charge in [-0.25, -0.2) is 8.78 Å². The molecule has 0 amide bonds. The van der Waals surface area contributed by atoms with E-state index in [1.54, 1.807) is 6.20 Å². The lowest BCUT2D eigenvalue weighted by Gasteiger charge is -1.99. The summed E-state index contributed by atoms with van der Waals surface area (Å²) >= 11 is 2.04. The fraction of sp³-hybridized carbons (Fsp3) is 0. The van der Waals surface area contributed by atoms with Gasteiger partial charge in [0.2, 0.25) is 0 Å². The molecule has 0 fully saturated rings. The molecule has 0 spiro atoms. The van der Waals surface area contributed by atoms with Crippen LogP contribution in [0.15, 0.2) is 24.4 Å². The van der Waals surface area contributed by atoms with Gasteiger partial charge in [0.05, 0.1) is 15.5 Å². The number of rotatable bonds is 1. The first-order valence-corrected chi connectivity index (χ1v) is 4.90. The van der Waals surface area contributed by atoms with Gasteiger partial charge in [0.1, 0.15) is 11.6 Å². The molecule has 0 aliphatic heterocycles. The Bertz CT molecular complexity index is 447. The van der Waals surface area contributed by atoms with Crippen molar-refractivity contribution in [3.63, 3.8) is 0 Å². The van der Waals surface area contributed by atoms with Crippen molar-refractivity contribution in [2.45, 2.75) is 0 Å². The molecule has 0 bridgehead atoms. The molecule has 72 valence electrons. The molecular formula is C9H5F2IN2. The topological polar surface area (TPSA) is 28.7 Å². The predicted molar refractivity (Wildman–Crippen MR) is 56.7 cm³/mol. The van der Waals surface area contributed by atoms with Crippen LogP contribution >= 0.6 is 22.6 Å². The van der Waals surface area contributed by atoms with Crippen molar-refractivity contribution in [2.75, 3.05) is 0 Å². The van der Waals surface area contributed by atoms with Gasteiger partial charge in [-0.15, -0.1) is 0 Å². The molecule has 0 saturated heterocycles. The van der Waals surface area contributed by atoms with Crippen molar-refractivity contribution >= 4 is 22.6 Å². The van der Waals surface area contributed by atoms with Crippen LogP contribution in [-0.2, 0) is 0 Å². The summed E-state index contributed by atoms with van der Waals surface area (Å²) in [6, 6.07) is 3.37. The number of aromatic nitrogens is 2. The maximum Gasteiger partial charge on any atom is 0.126 e. The predicted octanol–water partition coefficient (Wildman–Crippen LogP) is 2.96. The summed E-state index contributed by atoms with van der Waals surface area (Å²) in [5, 5.41) is 6.47. The molecule has 5 heteroatoms. The van der Waals surface area contributed by atoms with Gasteiger partial charge < -0.3 is 0 Å². The summed E-state index contributed by atoms with van der Waals surface area (Å²) in [4.78, 5) is 0. The van der Waals surface area contributed by atoms with Crippen LogP contribution < -0.4 is 0 Å². The number of hydrogen-bond donors (Lipinski definition) is 1. The van der Waals surface area contributed by atoms with E-state index >= 15 is 0 Å². The summed E-state index contributed by atoms with van der Waals surface area (Å²) < 4.78 is 26.6. The lowest BCUT2D eigenvalue weighted by molar-refractivity contribution is 0.584. The fourth-order valence-electron chi connectivity index (χ4n) is 1.17. The van der Waals surface area contributed by atoms with E-state index in [1.165, 1.54) is 12.1 Å². The quantitative estimate of drug-likeness (QED) is 0.806. The fourth-order valence-corrected chi connectivity index (χ4v) is 1.74. The molecule has 2 aromatic rings. The summed E-state index contributed by atoms with van der Waals surface area (Å²) in [5.74, 6) is -1.18. The molecule has 1 aromatic heterocycles. The van der Waals surface area contributed by atoms with Crippen LogP contribution in [0.3, 0.4) is 0 Å². The summed E-state index contributed by atoms with van der Waals surface area (Å²) in [5.41, 5.74) is 1.09. The maximum absolute atomic E-state index is 12.9. The van der Waals surface area contributed by atoms with E-state index < -0.39 is 11.6 Å². The Morgan fingerprint density at radius 2 is 1.79 bits per heavy atom. The Kier molecular flexibility index (Phi) is 2.49. The molecule has 0 atom stereocenters. The SMILES string of the molecule is Fc1cc(F)cc(-c2[nH]ncc2I)c1. The van der Waals surface area contributed by atoms with Gasteiger partial charge in [0.25, 0.3) is 0 Å². The third-order valence-corrected chi connectivity index (χ3v) is 2.56. The van der Waals surface area contributed by atoms with E-state index in [-0.39, 0.29) is 0 Å². The van der Waals surface area contributed by atoms with Gasteiger partial charge in [-0.2, -0.15) is 5.10 Å². The van der Waals surface area contributed by atoms with Crippen LogP contribution in [-0.4, -0.2) is 10.2 Å². The summed E-state index contributed by atoms with van der Waals surface area (Å²) in [6.45, 7) is 0. The van der Waals surface area contributed by atoms with Gasteiger partial charge >= 0.3 is 0 Å². The zero-order valence-electron chi connectivity index (χ0n) is 6.89. The molecule has 0 aliphatic carbocycles. The van der Waals surface area contributed by atoms with Crippen LogP contribution in [0.2, 0.25) is 0 Å². The lowest BCUT2D eigenvalue weighted by atomic mass is 10.1. The maximum atomic E-state index is 12.9. The number of nitrogens with zero attached hydrogens (tertiary/aromatic N) is 1. The van der Waals surface area contributed by atoms with Gasteiger partial charge in [-0.3, -0.25) is 5.10 Å². The molecule has 2 nitrogen and oxygen atoms in total. The van der Waals surface area contributed by atoms with Crippen LogP contribution in [0, 0.1) is 15.2 Å². The van der Waals surface area contributed by atoms with E-state index in [2.05, 4.69) is 10.2 Å². The number of aromatic amines is 1. The number of nitrogens with one attached hydrogen (secondary N) is 1. The second kappa shape index (κ2) is 3.64. The van der Waals surface area contributed by atoms with Gasteiger partial charge in [0.15, 0.2) is 0 Å². The Labute approximate surface area is 92.5 Å². The van der Waals surface area contributed by atoms with Gasteiger partial charge in [-0.1, -0.05) is 0 Å². The van der Waals surface area contributed by atoms with Crippen molar-refractivity contribution in [1.82, 2.24) is 10.2 Å². The second-order valence-corrected chi connectivity index (χ2v) is 3.91. The normalized spacial score (nSPS) is 10.5. The zero-order chi connectivity index (χ0) is 10.1. The minimum absolute atomic E-state index is 0.462. The van der Waals surface area contributed by atoms with E-state index in [0.29, 0.717) is 11.3 Å². The number of halogens is 3. The first-order valence-electron chi connectivity index (χ1n) is 3.82. The molecule has 0 saturated carbocycles. The first-order chi connectivity index (χ1) is 6.66. The van der Waals surface area contributed by atoms with Crippen molar-refractivity contribution in [3.8, 4) is 11.3 Å². The standard InChI is InChI=1S/C9H5F2IN2/c10-6-1-5(2-7(11)3-6)9-8(12)4-13-14-9/h1-4H,(H,13,14). The Balaban J connectivity index is 2.57. The van der Waals surface area contributed by atoms with E-state index in [0.717, 1.165) is 9.64 Å². The van der Waals surface area contributed by atoms with E-state index in [9.17, 15) is 8.78 Å². The monoisotopic (exact) mass is 306 g/mol. The average molecular weight is 306 g/mol. The van der Waals surface area contributed by atoms with E-state index in [1.807, 2.05) is 22.6 Å². The highest BCUT2D eigenvalue weighted by molar-refractivity contribution is 14.1. The zero-order valence-corrected chi connectivity index (χ0v) is 9.05. The molecule has 0 unspecified atom stereocenters. The van der Waals surface area contributed by atoms with Gasteiger partial charge in [0, 0.05) is 11.6 Å². The Morgan fingerprint density at radius 1 is 1.14 bits per heavy atom.